The van der Waals surface area contributed by atoms with E-state index in [2.05, 4.69) is 20.8 Å². The molecule has 0 spiro atoms. The van der Waals surface area contributed by atoms with Crippen LogP contribution in [0.3, 0.4) is 0 Å². The maximum absolute atomic E-state index is 12.9. The summed E-state index contributed by atoms with van der Waals surface area (Å²) in [7, 11) is -3.74. The third kappa shape index (κ3) is 6.87. The molecule has 2 heterocycles. The van der Waals surface area contributed by atoms with Gasteiger partial charge in [0.25, 0.3) is 0 Å². The van der Waals surface area contributed by atoms with Crippen LogP contribution in [0.5, 0.6) is 0 Å². The van der Waals surface area contributed by atoms with Gasteiger partial charge in [-0.05, 0) is 50.4 Å². The Labute approximate surface area is 200 Å². The van der Waals surface area contributed by atoms with Crippen molar-refractivity contribution in [3.8, 4) is 0 Å². The summed E-state index contributed by atoms with van der Waals surface area (Å²) < 4.78 is 28.4. The minimum absolute atomic E-state index is 0.0930. The molecule has 2 aliphatic rings. The summed E-state index contributed by atoms with van der Waals surface area (Å²) in [6, 6.07) is 5.02. The molecule has 0 saturated carbocycles. The van der Waals surface area contributed by atoms with Crippen LogP contribution in [0.15, 0.2) is 23.1 Å². The van der Waals surface area contributed by atoms with Crippen LogP contribution < -0.4 is 26.5 Å². The summed E-state index contributed by atoms with van der Waals surface area (Å²) in [4.78, 5) is 25.0. The fraction of sp³-hybridized carbons (Fsp3) is 0.619. The van der Waals surface area contributed by atoms with Crippen molar-refractivity contribution in [2.75, 3.05) is 38.0 Å². The first-order chi connectivity index (χ1) is 15.7. The van der Waals surface area contributed by atoms with Crippen LogP contribution in [0.2, 0.25) is 0 Å². The second kappa shape index (κ2) is 11.6. The number of carbonyl (C=O) groups is 2. The highest BCUT2D eigenvalue weighted by Gasteiger charge is 2.35. The monoisotopic (exact) mass is 500 g/mol. The van der Waals surface area contributed by atoms with E-state index < -0.39 is 27.2 Å². The molecule has 2 aliphatic heterocycles. The minimum Gasteiger partial charge on any atom is -0.330 e. The Bertz CT molecular complexity index is 954. The molecule has 1 aromatic rings. The lowest BCUT2D eigenvalue weighted by atomic mass is 10.0. The van der Waals surface area contributed by atoms with Crippen molar-refractivity contribution in [1.82, 2.24) is 20.5 Å². The summed E-state index contributed by atoms with van der Waals surface area (Å²) in [5.41, 5.74) is 9.34. The Morgan fingerprint density at radius 1 is 1.33 bits per heavy atom. The Hall–Kier alpha value is -1.76. The topological polar surface area (TPSA) is 146 Å². The molecule has 0 radical (unpaired) electrons. The summed E-state index contributed by atoms with van der Waals surface area (Å²) >= 11 is 6.11. The van der Waals surface area contributed by atoms with Crippen molar-refractivity contribution in [2.45, 2.75) is 48.9 Å². The highest BCUT2D eigenvalue weighted by Crippen LogP contribution is 2.21. The van der Waals surface area contributed by atoms with E-state index in [1.165, 1.54) is 11.1 Å². The zero-order valence-corrected chi connectivity index (χ0v) is 20.3. The number of nitrogens with two attached hydrogens (primary N) is 1. The Kier molecular flexibility index (Phi) is 9.08. The van der Waals surface area contributed by atoms with Gasteiger partial charge in [-0.3, -0.25) is 14.6 Å². The van der Waals surface area contributed by atoms with Gasteiger partial charge in [0, 0.05) is 31.4 Å². The molecule has 6 N–H and O–H groups in total. The molecule has 3 rings (SSSR count). The van der Waals surface area contributed by atoms with E-state index in [0.717, 1.165) is 32.2 Å². The lowest BCUT2D eigenvalue weighted by Crippen LogP contribution is -2.59. The number of anilines is 1. The molecule has 0 bridgehead atoms. The maximum Gasteiger partial charge on any atom is 0.245 e. The van der Waals surface area contributed by atoms with E-state index in [9.17, 15) is 18.0 Å². The molecule has 3 unspecified atom stereocenters. The van der Waals surface area contributed by atoms with Crippen LogP contribution in [0.4, 0.5) is 5.69 Å². The van der Waals surface area contributed by atoms with Crippen molar-refractivity contribution >= 4 is 39.1 Å². The number of amides is 2. The SMILES string of the molecule is Cc1ccc(NC(=O)CN2NCC(Cl)C(CN)C2=O)cc1S(=O)(=O)NCCC1CCCCN1. The van der Waals surface area contributed by atoms with Crippen molar-refractivity contribution < 1.29 is 18.0 Å². The number of piperidine rings is 1. The van der Waals surface area contributed by atoms with Crippen molar-refractivity contribution in [3.63, 3.8) is 0 Å². The standard InChI is InChI=1S/C21H33ClN6O4S/c1-14-5-6-16(27-20(29)13-28-21(30)17(11-23)18(22)12-25-28)10-19(14)33(31,32)26-9-7-15-4-2-3-8-24-15/h5-6,10,15,17-18,24-26H,2-4,7-9,11-13,23H2,1H3,(H,27,29). The first kappa shape index (κ1) is 25.9. The van der Waals surface area contributed by atoms with Gasteiger partial charge in [-0.1, -0.05) is 12.5 Å². The summed E-state index contributed by atoms with van der Waals surface area (Å²) in [5, 5.41) is 6.82. The fourth-order valence-corrected chi connectivity index (χ4v) is 5.68. The number of carbonyl (C=O) groups excluding carboxylic acids is 2. The lowest BCUT2D eigenvalue weighted by molar-refractivity contribution is -0.144. The molecule has 0 aromatic heterocycles. The quantitative estimate of drug-likeness (QED) is 0.306. The molecule has 0 aliphatic carbocycles. The second-order valence-electron chi connectivity index (χ2n) is 8.51. The van der Waals surface area contributed by atoms with Crippen LogP contribution in [0.25, 0.3) is 0 Å². The number of alkyl halides is 1. The molecule has 12 heteroatoms. The summed E-state index contributed by atoms with van der Waals surface area (Å²) in [6.07, 6.45) is 4.08. The first-order valence-electron chi connectivity index (χ1n) is 11.2. The van der Waals surface area contributed by atoms with Crippen LogP contribution in [0, 0.1) is 12.8 Å². The number of nitrogens with one attached hydrogen (secondary N) is 4. The zero-order valence-electron chi connectivity index (χ0n) is 18.8. The first-order valence-corrected chi connectivity index (χ1v) is 13.2. The molecule has 2 amide bonds. The van der Waals surface area contributed by atoms with Crippen LogP contribution in [-0.2, 0) is 19.6 Å². The zero-order chi connectivity index (χ0) is 24.0. The number of halogens is 1. The molecule has 3 atom stereocenters. The Balaban J connectivity index is 1.59. The molecule has 10 nitrogen and oxygen atoms in total. The number of benzene rings is 1. The highest BCUT2D eigenvalue weighted by atomic mass is 35.5. The predicted molar refractivity (Wildman–Crippen MR) is 127 cm³/mol. The van der Waals surface area contributed by atoms with Crippen molar-refractivity contribution in [3.05, 3.63) is 23.8 Å². The van der Waals surface area contributed by atoms with Gasteiger partial charge in [-0.25, -0.2) is 18.6 Å². The van der Waals surface area contributed by atoms with Gasteiger partial charge in [-0.15, -0.1) is 11.6 Å². The lowest BCUT2D eigenvalue weighted by Gasteiger charge is -2.34. The Morgan fingerprint density at radius 3 is 2.82 bits per heavy atom. The minimum atomic E-state index is -3.74. The number of aryl methyl sites for hydroxylation is 1. The second-order valence-corrected chi connectivity index (χ2v) is 10.8. The summed E-state index contributed by atoms with van der Waals surface area (Å²) in [5.74, 6) is -1.38. The van der Waals surface area contributed by atoms with E-state index >= 15 is 0 Å². The highest BCUT2D eigenvalue weighted by molar-refractivity contribution is 7.89. The molecular weight excluding hydrogens is 468 g/mol. The molecule has 33 heavy (non-hydrogen) atoms. The van der Waals surface area contributed by atoms with E-state index in [-0.39, 0.29) is 23.9 Å². The van der Waals surface area contributed by atoms with Gasteiger partial charge < -0.3 is 16.4 Å². The normalized spacial score (nSPS) is 24.0. The van der Waals surface area contributed by atoms with Gasteiger partial charge in [-0.2, -0.15) is 0 Å². The van der Waals surface area contributed by atoms with E-state index in [4.69, 9.17) is 17.3 Å². The smallest absolute Gasteiger partial charge is 0.245 e. The van der Waals surface area contributed by atoms with Gasteiger partial charge in [0.15, 0.2) is 0 Å². The molecular formula is C21H33ClN6O4S. The number of hydrazine groups is 1. The number of rotatable bonds is 9. The predicted octanol–water partition coefficient (Wildman–Crippen LogP) is 0.273. The maximum atomic E-state index is 12.9. The van der Waals surface area contributed by atoms with Gasteiger partial charge >= 0.3 is 0 Å². The van der Waals surface area contributed by atoms with E-state index in [1.54, 1.807) is 19.1 Å². The van der Waals surface area contributed by atoms with Crippen molar-refractivity contribution in [2.24, 2.45) is 11.7 Å². The van der Waals surface area contributed by atoms with Crippen LogP contribution in [-0.4, -0.2) is 69.4 Å². The number of hydrogen-bond acceptors (Lipinski definition) is 7. The molecule has 1 aromatic carbocycles. The third-order valence-electron chi connectivity index (χ3n) is 6.01. The van der Waals surface area contributed by atoms with E-state index in [1.807, 2.05) is 0 Å². The number of nitrogens with zero attached hydrogens (tertiary/aromatic N) is 1. The fourth-order valence-electron chi connectivity index (χ4n) is 4.08. The summed E-state index contributed by atoms with van der Waals surface area (Å²) in [6.45, 7) is 3.17. The largest absolute Gasteiger partial charge is 0.330 e. The van der Waals surface area contributed by atoms with Crippen molar-refractivity contribution in [1.29, 1.82) is 0 Å². The molecule has 2 saturated heterocycles. The number of sulfonamides is 1. The van der Waals surface area contributed by atoms with E-state index in [0.29, 0.717) is 30.4 Å². The molecule has 2 fully saturated rings. The molecule has 184 valence electrons. The van der Waals surface area contributed by atoms with Crippen LogP contribution in [0.1, 0.15) is 31.2 Å². The van der Waals surface area contributed by atoms with Gasteiger partial charge in [0.1, 0.15) is 6.54 Å². The average Bonchev–Trinajstić information content (AvgIpc) is 2.78. The number of hydrogen-bond donors (Lipinski definition) is 5. The third-order valence-corrected chi connectivity index (χ3v) is 8.07. The van der Waals surface area contributed by atoms with Gasteiger partial charge in [0.05, 0.1) is 16.2 Å². The van der Waals surface area contributed by atoms with Gasteiger partial charge in [0.2, 0.25) is 21.8 Å². The average molecular weight is 501 g/mol. The van der Waals surface area contributed by atoms with Crippen LogP contribution >= 0.6 is 11.6 Å². The Morgan fingerprint density at radius 2 is 2.12 bits per heavy atom.